The monoisotopic (exact) mass is 366 g/mol. The molecule has 0 aliphatic heterocycles. The van der Waals surface area contributed by atoms with Gasteiger partial charge >= 0.3 is 0 Å². The molecule has 0 saturated heterocycles. The fourth-order valence-electron chi connectivity index (χ4n) is 2.82. The van der Waals surface area contributed by atoms with Crippen LogP contribution < -0.4 is 0 Å². The van der Waals surface area contributed by atoms with E-state index in [1.54, 1.807) is 0 Å². The summed E-state index contributed by atoms with van der Waals surface area (Å²) in [4.78, 5) is 8.11. The Hall–Kier alpha value is -1.68. The highest BCUT2D eigenvalue weighted by Gasteiger charge is 2.10. The van der Waals surface area contributed by atoms with Gasteiger partial charge < -0.3 is 0 Å². The predicted molar refractivity (Wildman–Crippen MR) is 111 cm³/mol. The fourth-order valence-corrected chi connectivity index (χ4v) is 5.39. The lowest BCUT2D eigenvalue weighted by Gasteiger charge is -2.07. The van der Waals surface area contributed by atoms with E-state index < -0.39 is 0 Å². The third-order valence-electron chi connectivity index (χ3n) is 4.01. The molecule has 0 bridgehead atoms. The molecule has 0 atom stereocenters. The average Bonchev–Trinajstić information content (AvgIpc) is 3.28. The molecule has 24 heavy (non-hydrogen) atoms. The first-order chi connectivity index (χ1) is 11.6. The summed E-state index contributed by atoms with van der Waals surface area (Å²) in [6.07, 6.45) is 0. The maximum Gasteiger partial charge on any atom is 0.0345 e. The van der Waals surface area contributed by atoms with Crippen LogP contribution in [0.2, 0.25) is 0 Å². The molecular formula is C21H18S3. The lowest BCUT2D eigenvalue weighted by atomic mass is 10.0. The summed E-state index contributed by atoms with van der Waals surface area (Å²) in [7, 11) is 0. The van der Waals surface area contributed by atoms with E-state index in [9.17, 15) is 0 Å². The molecule has 0 saturated carbocycles. The summed E-state index contributed by atoms with van der Waals surface area (Å²) in [6, 6.07) is 20.3. The molecule has 0 fully saturated rings. The summed E-state index contributed by atoms with van der Waals surface area (Å²) >= 11 is 5.60. The first kappa shape index (κ1) is 15.8. The van der Waals surface area contributed by atoms with E-state index >= 15 is 0 Å². The molecule has 0 nitrogen and oxygen atoms in total. The highest BCUT2D eigenvalue weighted by atomic mass is 32.1. The van der Waals surface area contributed by atoms with Crippen LogP contribution in [0, 0.1) is 20.8 Å². The van der Waals surface area contributed by atoms with Crippen molar-refractivity contribution < 1.29 is 0 Å². The standard InChI is InChI=1S/C21H18S3/c1-13-4-7-19(22-13)16-10-17(20-8-5-14(2)23-20)12-18(11-16)21-9-6-15(3)24-21/h4-12H,1-3H3. The second-order valence-electron chi connectivity index (χ2n) is 6.03. The van der Waals surface area contributed by atoms with Gasteiger partial charge in [-0.25, -0.2) is 0 Å². The molecule has 4 aromatic rings. The van der Waals surface area contributed by atoms with Crippen molar-refractivity contribution in [1.29, 1.82) is 0 Å². The quantitative estimate of drug-likeness (QED) is 0.347. The second kappa shape index (κ2) is 6.32. The van der Waals surface area contributed by atoms with Gasteiger partial charge in [0.2, 0.25) is 0 Å². The van der Waals surface area contributed by atoms with E-state index in [2.05, 4.69) is 75.4 Å². The topological polar surface area (TPSA) is 0 Å². The van der Waals surface area contributed by atoms with Gasteiger partial charge in [0, 0.05) is 29.3 Å². The van der Waals surface area contributed by atoms with E-state index in [1.165, 1.54) is 46.0 Å². The van der Waals surface area contributed by atoms with Crippen LogP contribution in [0.25, 0.3) is 31.3 Å². The Bertz CT molecular complexity index is 856. The number of hydrogen-bond donors (Lipinski definition) is 0. The summed E-state index contributed by atoms with van der Waals surface area (Å²) in [5.74, 6) is 0. The Morgan fingerprint density at radius 1 is 0.458 bits per heavy atom. The van der Waals surface area contributed by atoms with E-state index in [0.29, 0.717) is 0 Å². The smallest absolute Gasteiger partial charge is 0.0345 e. The SMILES string of the molecule is Cc1ccc(-c2cc(-c3ccc(C)s3)cc(-c3ccc(C)s3)c2)s1. The van der Waals surface area contributed by atoms with Crippen molar-refractivity contribution in [2.75, 3.05) is 0 Å². The van der Waals surface area contributed by atoms with Gasteiger partial charge in [0.05, 0.1) is 0 Å². The van der Waals surface area contributed by atoms with Crippen molar-refractivity contribution in [2.45, 2.75) is 20.8 Å². The first-order valence-corrected chi connectivity index (χ1v) is 10.4. The number of benzene rings is 1. The van der Waals surface area contributed by atoms with E-state index in [-0.39, 0.29) is 0 Å². The Morgan fingerprint density at radius 3 is 0.958 bits per heavy atom. The molecule has 0 spiro atoms. The van der Waals surface area contributed by atoms with Crippen LogP contribution in [0.5, 0.6) is 0 Å². The fraction of sp³-hybridized carbons (Fsp3) is 0.143. The van der Waals surface area contributed by atoms with Crippen LogP contribution in [0.15, 0.2) is 54.6 Å². The van der Waals surface area contributed by atoms with E-state index in [4.69, 9.17) is 0 Å². The summed E-state index contributed by atoms with van der Waals surface area (Å²) in [6.45, 7) is 6.51. The molecular weight excluding hydrogens is 348 g/mol. The first-order valence-electron chi connectivity index (χ1n) is 7.94. The highest BCUT2D eigenvalue weighted by Crippen LogP contribution is 2.39. The normalized spacial score (nSPS) is 11.1. The Labute approximate surface area is 155 Å². The van der Waals surface area contributed by atoms with Crippen molar-refractivity contribution in [2.24, 2.45) is 0 Å². The van der Waals surface area contributed by atoms with Crippen LogP contribution in [-0.4, -0.2) is 0 Å². The number of hydrogen-bond acceptors (Lipinski definition) is 3. The Morgan fingerprint density at radius 2 is 0.750 bits per heavy atom. The van der Waals surface area contributed by atoms with Gasteiger partial charge in [-0.05, 0) is 92.1 Å². The van der Waals surface area contributed by atoms with Gasteiger partial charge in [-0.3, -0.25) is 0 Å². The van der Waals surface area contributed by atoms with Crippen LogP contribution in [0.1, 0.15) is 14.6 Å². The maximum atomic E-state index is 2.33. The lowest BCUT2D eigenvalue weighted by molar-refractivity contribution is 1.63. The van der Waals surface area contributed by atoms with Crippen molar-refractivity contribution in [3.8, 4) is 31.3 Å². The Kier molecular flexibility index (Phi) is 4.17. The van der Waals surface area contributed by atoms with Gasteiger partial charge in [0.1, 0.15) is 0 Å². The molecule has 3 heteroatoms. The lowest BCUT2D eigenvalue weighted by Crippen LogP contribution is -1.81. The van der Waals surface area contributed by atoms with Gasteiger partial charge in [0.25, 0.3) is 0 Å². The molecule has 3 heterocycles. The van der Waals surface area contributed by atoms with Gasteiger partial charge in [0.15, 0.2) is 0 Å². The summed E-state index contributed by atoms with van der Waals surface area (Å²) in [5.41, 5.74) is 3.95. The molecule has 120 valence electrons. The van der Waals surface area contributed by atoms with Gasteiger partial charge in [-0.2, -0.15) is 0 Å². The van der Waals surface area contributed by atoms with Gasteiger partial charge in [-0.1, -0.05) is 0 Å². The molecule has 0 radical (unpaired) electrons. The second-order valence-corrected chi connectivity index (χ2v) is 9.89. The van der Waals surface area contributed by atoms with Gasteiger partial charge in [-0.15, -0.1) is 34.0 Å². The molecule has 0 aliphatic carbocycles. The molecule has 0 amide bonds. The molecule has 3 aromatic heterocycles. The average molecular weight is 367 g/mol. The zero-order valence-corrected chi connectivity index (χ0v) is 16.4. The van der Waals surface area contributed by atoms with E-state index in [0.717, 1.165) is 0 Å². The molecule has 1 aromatic carbocycles. The van der Waals surface area contributed by atoms with Crippen molar-refractivity contribution in [3.05, 3.63) is 69.2 Å². The third kappa shape index (κ3) is 3.12. The summed E-state index contributed by atoms with van der Waals surface area (Å²) in [5, 5.41) is 0. The number of aryl methyl sites for hydroxylation is 3. The van der Waals surface area contributed by atoms with E-state index in [1.807, 2.05) is 34.0 Å². The molecule has 4 rings (SSSR count). The largest absolute Gasteiger partial charge is 0.141 e. The van der Waals surface area contributed by atoms with Crippen molar-refractivity contribution >= 4 is 34.0 Å². The molecule has 0 aliphatic rings. The molecule has 0 unspecified atom stereocenters. The minimum absolute atomic E-state index is 1.32. The maximum absolute atomic E-state index is 2.33. The zero-order valence-electron chi connectivity index (χ0n) is 13.9. The number of rotatable bonds is 3. The zero-order chi connectivity index (χ0) is 16.7. The minimum atomic E-state index is 1.32. The highest BCUT2D eigenvalue weighted by molar-refractivity contribution is 7.16. The van der Waals surface area contributed by atoms with Crippen molar-refractivity contribution in [1.82, 2.24) is 0 Å². The summed E-state index contributed by atoms with van der Waals surface area (Å²) < 4.78 is 0. The van der Waals surface area contributed by atoms with Crippen LogP contribution >= 0.6 is 34.0 Å². The Balaban J connectivity index is 1.90. The molecule has 0 N–H and O–H groups in total. The predicted octanol–water partition coefficient (Wildman–Crippen LogP) is 7.80. The van der Waals surface area contributed by atoms with Crippen LogP contribution in [0.4, 0.5) is 0 Å². The minimum Gasteiger partial charge on any atom is -0.141 e. The van der Waals surface area contributed by atoms with Crippen LogP contribution in [0.3, 0.4) is 0 Å². The van der Waals surface area contributed by atoms with Crippen LogP contribution in [-0.2, 0) is 0 Å². The number of thiophene rings is 3. The van der Waals surface area contributed by atoms with Crippen molar-refractivity contribution in [3.63, 3.8) is 0 Å². The third-order valence-corrected chi connectivity index (χ3v) is 7.16.